The van der Waals surface area contributed by atoms with Gasteiger partial charge in [0.2, 0.25) is 0 Å². The number of nitrogens with one attached hydrogen (secondary N) is 1. The molecule has 0 aliphatic heterocycles. The molecule has 2 aromatic rings. The number of sulfonamides is 1. The average molecular weight is 313 g/mol. The maximum absolute atomic E-state index is 13.5. The van der Waals surface area contributed by atoms with Gasteiger partial charge in [-0.15, -0.1) is 0 Å². The highest BCUT2D eigenvalue weighted by Gasteiger charge is 2.17. The number of anilines is 1. The molecule has 2 rings (SSSR count). The molecule has 0 unspecified atom stereocenters. The lowest BCUT2D eigenvalue weighted by Crippen LogP contribution is -2.14. The molecular formula is C14H13F2NO3S. The van der Waals surface area contributed by atoms with Gasteiger partial charge in [-0.3, -0.25) is 4.72 Å². The van der Waals surface area contributed by atoms with Gasteiger partial charge in [-0.2, -0.15) is 0 Å². The highest BCUT2D eigenvalue weighted by Crippen LogP contribution is 2.21. The summed E-state index contributed by atoms with van der Waals surface area (Å²) < 4.78 is 52.7. The Morgan fingerprint density at radius 3 is 2.33 bits per heavy atom. The molecule has 0 atom stereocenters. The average Bonchev–Trinajstić information content (AvgIpc) is 2.45. The van der Waals surface area contributed by atoms with E-state index in [2.05, 4.69) is 0 Å². The van der Waals surface area contributed by atoms with Crippen LogP contribution in [0.3, 0.4) is 0 Å². The monoisotopic (exact) mass is 313 g/mol. The van der Waals surface area contributed by atoms with Crippen LogP contribution in [-0.4, -0.2) is 20.1 Å². The van der Waals surface area contributed by atoms with Crippen molar-refractivity contribution >= 4 is 15.7 Å². The van der Waals surface area contributed by atoms with Crippen LogP contribution in [-0.2, 0) is 16.4 Å². The van der Waals surface area contributed by atoms with Crippen LogP contribution in [0.1, 0.15) is 5.56 Å². The highest BCUT2D eigenvalue weighted by molar-refractivity contribution is 7.92. The fraction of sp³-hybridized carbons (Fsp3) is 0.143. The number of hydrogen-bond donors (Lipinski definition) is 2. The zero-order valence-corrected chi connectivity index (χ0v) is 11.7. The van der Waals surface area contributed by atoms with Gasteiger partial charge in [-0.25, -0.2) is 17.2 Å². The number of halogens is 2. The summed E-state index contributed by atoms with van der Waals surface area (Å²) in [5.74, 6) is -2.38. The summed E-state index contributed by atoms with van der Waals surface area (Å²) in [6.07, 6.45) is 0.409. The molecular weight excluding hydrogens is 300 g/mol. The summed E-state index contributed by atoms with van der Waals surface area (Å²) >= 11 is 0. The second-order valence-corrected chi connectivity index (χ2v) is 6.01. The number of rotatable bonds is 5. The van der Waals surface area contributed by atoms with Gasteiger partial charge in [0, 0.05) is 6.61 Å². The van der Waals surface area contributed by atoms with Crippen LogP contribution in [0.2, 0.25) is 0 Å². The predicted molar refractivity (Wildman–Crippen MR) is 74.4 cm³/mol. The van der Waals surface area contributed by atoms with Crippen molar-refractivity contribution < 1.29 is 22.3 Å². The van der Waals surface area contributed by atoms with E-state index in [9.17, 15) is 17.2 Å². The normalized spacial score (nSPS) is 11.4. The first-order chi connectivity index (χ1) is 9.94. The number of aliphatic hydroxyl groups excluding tert-OH is 1. The molecule has 112 valence electrons. The first-order valence-corrected chi connectivity index (χ1v) is 7.59. The molecule has 0 aromatic heterocycles. The first kappa shape index (κ1) is 15.4. The molecule has 0 bridgehead atoms. The Morgan fingerprint density at radius 1 is 1.05 bits per heavy atom. The summed E-state index contributed by atoms with van der Waals surface area (Å²) in [4.78, 5) is -0.0761. The van der Waals surface area contributed by atoms with Crippen molar-refractivity contribution in [3.8, 4) is 0 Å². The summed E-state index contributed by atoms with van der Waals surface area (Å²) in [6, 6.07) is 9.02. The van der Waals surface area contributed by atoms with E-state index < -0.39 is 27.3 Å². The van der Waals surface area contributed by atoms with Gasteiger partial charge in [0.1, 0.15) is 0 Å². The quantitative estimate of drug-likeness (QED) is 0.890. The lowest BCUT2D eigenvalue weighted by Gasteiger charge is -2.09. The van der Waals surface area contributed by atoms with Gasteiger partial charge < -0.3 is 5.11 Å². The Bertz CT molecular complexity index is 730. The molecule has 0 aliphatic rings. The molecule has 0 radical (unpaired) electrons. The molecule has 4 nitrogen and oxygen atoms in total. The van der Waals surface area contributed by atoms with Crippen molar-refractivity contribution in [2.75, 3.05) is 11.3 Å². The lowest BCUT2D eigenvalue weighted by atomic mass is 10.2. The molecule has 21 heavy (non-hydrogen) atoms. The number of aliphatic hydroxyl groups is 1. The topological polar surface area (TPSA) is 66.4 Å². The largest absolute Gasteiger partial charge is 0.396 e. The Morgan fingerprint density at radius 2 is 1.71 bits per heavy atom. The Balaban J connectivity index is 2.27. The standard InChI is InChI=1S/C14H13F2NO3S/c15-12-2-1-3-13(14(12)16)17-21(19,20)11-6-4-10(5-7-11)8-9-18/h1-7,17-18H,8-9H2. The van der Waals surface area contributed by atoms with E-state index >= 15 is 0 Å². The molecule has 0 heterocycles. The van der Waals surface area contributed by atoms with Crippen LogP contribution in [0, 0.1) is 11.6 Å². The summed E-state index contributed by atoms with van der Waals surface area (Å²) in [6.45, 7) is -0.0428. The van der Waals surface area contributed by atoms with E-state index in [-0.39, 0.29) is 11.5 Å². The van der Waals surface area contributed by atoms with Gasteiger partial charge in [0.15, 0.2) is 11.6 Å². The van der Waals surface area contributed by atoms with Crippen molar-refractivity contribution in [2.24, 2.45) is 0 Å². The van der Waals surface area contributed by atoms with Crippen molar-refractivity contribution in [3.63, 3.8) is 0 Å². The number of hydrogen-bond acceptors (Lipinski definition) is 3. The molecule has 0 saturated heterocycles. The predicted octanol–water partition coefficient (Wildman–Crippen LogP) is 2.30. The van der Waals surface area contributed by atoms with Gasteiger partial charge in [0.25, 0.3) is 10.0 Å². The summed E-state index contributed by atoms with van der Waals surface area (Å²) in [5, 5.41) is 8.79. The first-order valence-electron chi connectivity index (χ1n) is 6.10. The van der Waals surface area contributed by atoms with E-state index in [1.807, 2.05) is 4.72 Å². The van der Waals surface area contributed by atoms with Crippen LogP contribution < -0.4 is 4.72 Å². The molecule has 0 saturated carbocycles. The van der Waals surface area contributed by atoms with Crippen molar-refractivity contribution in [3.05, 3.63) is 59.7 Å². The van der Waals surface area contributed by atoms with Gasteiger partial charge in [0.05, 0.1) is 10.6 Å². The number of benzene rings is 2. The van der Waals surface area contributed by atoms with Crippen LogP contribution in [0.4, 0.5) is 14.5 Å². The van der Waals surface area contributed by atoms with Crippen molar-refractivity contribution in [1.82, 2.24) is 0 Å². The van der Waals surface area contributed by atoms with Crippen LogP contribution in [0.5, 0.6) is 0 Å². The zero-order chi connectivity index (χ0) is 15.5. The minimum atomic E-state index is -4.00. The van der Waals surface area contributed by atoms with E-state index in [1.54, 1.807) is 12.1 Å². The fourth-order valence-corrected chi connectivity index (χ4v) is 2.81. The van der Waals surface area contributed by atoms with E-state index in [0.717, 1.165) is 17.7 Å². The fourth-order valence-electron chi connectivity index (χ4n) is 1.75. The molecule has 2 aromatic carbocycles. The molecule has 0 spiro atoms. The van der Waals surface area contributed by atoms with Crippen LogP contribution in [0.25, 0.3) is 0 Å². The van der Waals surface area contributed by atoms with E-state index in [1.165, 1.54) is 18.2 Å². The maximum Gasteiger partial charge on any atom is 0.261 e. The second-order valence-electron chi connectivity index (χ2n) is 4.32. The third-order valence-electron chi connectivity index (χ3n) is 2.83. The smallest absolute Gasteiger partial charge is 0.261 e. The minimum absolute atomic E-state index is 0.0428. The maximum atomic E-state index is 13.5. The van der Waals surface area contributed by atoms with Crippen LogP contribution >= 0.6 is 0 Å². The Labute approximate surface area is 121 Å². The van der Waals surface area contributed by atoms with Crippen LogP contribution in [0.15, 0.2) is 47.4 Å². The van der Waals surface area contributed by atoms with Crippen molar-refractivity contribution in [1.29, 1.82) is 0 Å². The summed E-state index contributed by atoms with van der Waals surface area (Å²) in [5.41, 5.74) is 0.322. The summed E-state index contributed by atoms with van der Waals surface area (Å²) in [7, 11) is -4.00. The molecule has 2 N–H and O–H groups in total. The van der Waals surface area contributed by atoms with E-state index in [4.69, 9.17) is 5.11 Å². The lowest BCUT2D eigenvalue weighted by molar-refractivity contribution is 0.299. The second kappa shape index (κ2) is 6.19. The Hall–Kier alpha value is -1.99. The van der Waals surface area contributed by atoms with E-state index in [0.29, 0.717) is 6.42 Å². The third kappa shape index (κ3) is 3.56. The van der Waals surface area contributed by atoms with Gasteiger partial charge >= 0.3 is 0 Å². The van der Waals surface area contributed by atoms with Gasteiger partial charge in [-0.1, -0.05) is 18.2 Å². The van der Waals surface area contributed by atoms with Crippen molar-refractivity contribution in [2.45, 2.75) is 11.3 Å². The molecule has 0 amide bonds. The molecule has 7 heteroatoms. The SMILES string of the molecule is O=S(=O)(Nc1cccc(F)c1F)c1ccc(CCO)cc1. The zero-order valence-electron chi connectivity index (χ0n) is 10.9. The highest BCUT2D eigenvalue weighted by atomic mass is 32.2. The third-order valence-corrected chi connectivity index (χ3v) is 4.21. The Kier molecular flexibility index (Phi) is 4.54. The molecule has 0 fully saturated rings. The minimum Gasteiger partial charge on any atom is -0.396 e. The van der Waals surface area contributed by atoms with Gasteiger partial charge in [-0.05, 0) is 36.2 Å². The molecule has 0 aliphatic carbocycles.